The molecule has 0 atom stereocenters. The normalized spacial score (nSPS) is 11.6. The van der Waals surface area contributed by atoms with Crippen LogP contribution in [0.25, 0.3) is 10.8 Å². The fourth-order valence-corrected chi connectivity index (χ4v) is 4.44. The van der Waals surface area contributed by atoms with E-state index in [0.29, 0.717) is 26.1 Å². The number of methoxy groups -OCH3 is 1. The highest BCUT2D eigenvalue weighted by atomic mass is 31.2. The van der Waals surface area contributed by atoms with Crippen LogP contribution in [0.15, 0.2) is 60.7 Å². The summed E-state index contributed by atoms with van der Waals surface area (Å²) in [7, 11) is -2.23. The Morgan fingerprint density at radius 2 is 1.73 bits per heavy atom. The fraction of sp³-hybridized carbons (Fsp3) is 0.385. The molecule has 0 amide bonds. The molecule has 0 heterocycles. The summed E-state index contributed by atoms with van der Waals surface area (Å²) in [4.78, 5) is 17.9. The van der Waals surface area contributed by atoms with Crippen LogP contribution in [0.2, 0.25) is 0 Å². The van der Waals surface area contributed by atoms with Crippen molar-refractivity contribution in [1.82, 2.24) is 5.32 Å². The predicted molar refractivity (Wildman–Crippen MR) is 133 cm³/mol. The molecule has 0 aliphatic carbocycles. The van der Waals surface area contributed by atoms with Crippen LogP contribution in [0.4, 0.5) is 0 Å². The molecule has 0 unspecified atom stereocenters. The van der Waals surface area contributed by atoms with E-state index in [1.54, 1.807) is 7.11 Å². The molecule has 0 aliphatic heterocycles. The van der Waals surface area contributed by atoms with Gasteiger partial charge in [-0.25, -0.2) is 0 Å². The van der Waals surface area contributed by atoms with E-state index in [2.05, 4.69) is 35.6 Å². The van der Waals surface area contributed by atoms with E-state index >= 15 is 0 Å². The third-order valence-electron chi connectivity index (χ3n) is 5.59. The highest BCUT2D eigenvalue weighted by molar-refractivity contribution is 7.51. The average Bonchev–Trinajstić information content (AvgIpc) is 2.81. The van der Waals surface area contributed by atoms with Crippen LogP contribution < -0.4 is 14.8 Å². The number of unbranched alkanes of at least 4 members (excludes halogenated alkanes) is 2. The van der Waals surface area contributed by atoms with Gasteiger partial charge >= 0.3 is 7.60 Å². The summed E-state index contributed by atoms with van der Waals surface area (Å²) in [6, 6.07) is 20.5. The summed E-state index contributed by atoms with van der Waals surface area (Å²) in [6.45, 7) is 1.89. The van der Waals surface area contributed by atoms with Crippen LogP contribution in [-0.2, 0) is 17.5 Å². The zero-order valence-corrected chi connectivity index (χ0v) is 20.1. The summed E-state index contributed by atoms with van der Waals surface area (Å²) in [5.74, 6) is 1.80. The molecule has 178 valence electrons. The lowest BCUT2D eigenvalue weighted by Gasteiger charge is -2.13. The van der Waals surface area contributed by atoms with Gasteiger partial charge in [0.1, 0.15) is 11.5 Å². The van der Waals surface area contributed by atoms with Crippen LogP contribution in [0, 0.1) is 0 Å². The van der Waals surface area contributed by atoms with E-state index in [0.717, 1.165) is 53.5 Å². The Bertz CT molecular complexity index is 1070. The first-order valence-corrected chi connectivity index (χ1v) is 13.3. The van der Waals surface area contributed by atoms with Crippen molar-refractivity contribution in [2.24, 2.45) is 0 Å². The Kier molecular flexibility index (Phi) is 9.76. The zero-order valence-electron chi connectivity index (χ0n) is 19.2. The fourth-order valence-electron chi connectivity index (χ4n) is 3.86. The van der Waals surface area contributed by atoms with E-state index in [4.69, 9.17) is 19.3 Å². The smallest absolute Gasteiger partial charge is 0.325 e. The van der Waals surface area contributed by atoms with Crippen molar-refractivity contribution in [3.63, 3.8) is 0 Å². The maximum absolute atomic E-state index is 11.0. The number of hydrogen-bond donors (Lipinski definition) is 3. The molecule has 0 bridgehead atoms. The van der Waals surface area contributed by atoms with Gasteiger partial charge in [0.05, 0.1) is 19.9 Å². The molecule has 3 aromatic carbocycles. The number of nitrogens with one attached hydrogen (secondary N) is 1. The SMILES string of the molecule is COc1cccc(CCCCCOc2ccc(CNCCCP(=O)(O)O)c3ccccc23)c1. The minimum absolute atomic E-state index is 0.0902. The van der Waals surface area contributed by atoms with Gasteiger partial charge in [0.15, 0.2) is 0 Å². The van der Waals surface area contributed by atoms with Gasteiger partial charge in [0, 0.05) is 11.9 Å². The lowest BCUT2D eigenvalue weighted by molar-refractivity contribution is 0.308. The Balaban J connectivity index is 1.45. The number of fused-ring (bicyclic) bond motifs is 1. The van der Waals surface area contributed by atoms with Gasteiger partial charge in [-0.05, 0) is 73.4 Å². The quantitative estimate of drug-likeness (QED) is 0.219. The molecule has 0 fully saturated rings. The van der Waals surface area contributed by atoms with Crippen LogP contribution in [-0.4, -0.2) is 36.2 Å². The number of aryl methyl sites for hydroxylation is 1. The van der Waals surface area contributed by atoms with E-state index in [-0.39, 0.29) is 6.16 Å². The molecule has 7 heteroatoms. The van der Waals surface area contributed by atoms with E-state index in [9.17, 15) is 4.57 Å². The standard InChI is InChI=1S/C26H34NO5P/c1-31-23-11-7-10-21(19-23)9-3-2-6-17-32-26-15-14-22(24-12-4-5-13-25(24)26)20-27-16-8-18-33(28,29)30/h4-5,7,10-15,19,27H,2-3,6,8-9,16-18,20H2,1H3,(H2,28,29,30). The molecule has 0 spiro atoms. The second-order valence-electron chi connectivity index (χ2n) is 8.20. The number of rotatable bonds is 14. The Hall–Kier alpha value is -2.37. The maximum Gasteiger partial charge on any atom is 0.325 e. The molecule has 0 saturated heterocycles. The molecule has 0 aliphatic rings. The van der Waals surface area contributed by atoms with Crippen LogP contribution >= 0.6 is 7.60 Å². The Morgan fingerprint density at radius 3 is 2.52 bits per heavy atom. The summed E-state index contributed by atoms with van der Waals surface area (Å²) < 4.78 is 22.4. The highest BCUT2D eigenvalue weighted by Gasteiger charge is 2.11. The van der Waals surface area contributed by atoms with Gasteiger partial charge in [0.25, 0.3) is 0 Å². The number of ether oxygens (including phenoxy) is 2. The minimum atomic E-state index is -3.92. The molecule has 3 N–H and O–H groups in total. The monoisotopic (exact) mass is 471 g/mol. The van der Waals surface area contributed by atoms with Crippen molar-refractivity contribution >= 4 is 18.4 Å². The van der Waals surface area contributed by atoms with Crippen molar-refractivity contribution in [2.45, 2.75) is 38.6 Å². The summed E-state index contributed by atoms with van der Waals surface area (Å²) in [5, 5.41) is 5.50. The molecule has 6 nitrogen and oxygen atoms in total. The lowest BCUT2D eigenvalue weighted by atomic mass is 10.0. The third kappa shape index (κ3) is 8.49. The van der Waals surface area contributed by atoms with Gasteiger partial charge in [-0.1, -0.05) is 42.5 Å². The predicted octanol–water partition coefficient (Wildman–Crippen LogP) is 5.30. The molecular weight excluding hydrogens is 437 g/mol. The average molecular weight is 472 g/mol. The number of hydrogen-bond acceptors (Lipinski definition) is 4. The van der Waals surface area contributed by atoms with Gasteiger partial charge in [-0.2, -0.15) is 0 Å². The second kappa shape index (κ2) is 12.8. The van der Waals surface area contributed by atoms with Crippen molar-refractivity contribution in [2.75, 3.05) is 26.4 Å². The van der Waals surface area contributed by atoms with Gasteiger partial charge in [-0.3, -0.25) is 4.57 Å². The first-order valence-electron chi connectivity index (χ1n) is 11.5. The van der Waals surface area contributed by atoms with Gasteiger partial charge in [-0.15, -0.1) is 0 Å². The lowest BCUT2D eigenvalue weighted by Crippen LogP contribution is -2.16. The van der Waals surface area contributed by atoms with Crippen LogP contribution in [0.1, 0.15) is 36.8 Å². The number of benzene rings is 3. The molecule has 0 radical (unpaired) electrons. The van der Waals surface area contributed by atoms with Crippen LogP contribution in [0.3, 0.4) is 0 Å². The summed E-state index contributed by atoms with van der Waals surface area (Å²) in [5.41, 5.74) is 2.44. The molecule has 3 rings (SSSR count). The molecule has 0 aromatic heterocycles. The van der Waals surface area contributed by atoms with Gasteiger partial charge in [0.2, 0.25) is 0 Å². The van der Waals surface area contributed by atoms with Crippen molar-refractivity contribution in [1.29, 1.82) is 0 Å². The van der Waals surface area contributed by atoms with Crippen molar-refractivity contribution < 1.29 is 23.8 Å². The first-order chi connectivity index (χ1) is 16.0. The second-order valence-corrected chi connectivity index (χ2v) is 9.97. The molecular formula is C26H34NO5P. The topological polar surface area (TPSA) is 88.0 Å². The van der Waals surface area contributed by atoms with E-state index in [1.165, 1.54) is 5.56 Å². The third-order valence-corrected chi connectivity index (χ3v) is 6.49. The van der Waals surface area contributed by atoms with E-state index in [1.807, 2.05) is 30.3 Å². The zero-order chi connectivity index (χ0) is 23.5. The molecule has 3 aromatic rings. The van der Waals surface area contributed by atoms with Crippen molar-refractivity contribution in [3.8, 4) is 11.5 Å². The summed E-state index contributed by atoms with van der Waals surface area (Å²) in [6.07, 6.45) is 4.61. The Morgan fingerprint density at radius 1 is 0.909 bits per heavy atom. The Labute approximate surface area is 196 Å². The van der Waals surface area contributed by atoms with Crippen LogP contribution in [0.5, 0.6) is 11.5 Å². The maximum atomic E-state index is 11.0. The summed E-state index contributed by atoms with van der Waals surface area (Å²) >= 11 is 0. The van der Waals surface area contributed by atoms with Crippen molar-refractivity contribution in [3.05, 3.63) is 71.8 Å². The minimum Gasteiger partial charge on any atom is -0.497 e. The largest absolute Gasteiger partial charge is 0.497 e. The van der Waals surface area contributed by atoms with Gasteiger partial charge < -0.3 is 24.6 Å². The first kappa shape index (κ1) is 25.3. The molecule has 33 heavy (non-hydrogen) atoms. The van der Waals surface area contributed by atoms with E-state index < -0.39 is 7.60 Å². The highest BCUT2D eigenvalue weighted by Crippen LogP contribution is 2.34. The molecule has 0 saturated carbocycles.